The average Bonchev–Trinajstić information content (AvgIpc) is 3.04. The summed E-state index contributed by atoms with van der Waals surface area (Å²) < 4.78 is 0. The third-order valence-corrected chi connectivity index (χ3v) is 6.49. The van der Waals surface area contributed by atoms with Crippen molar-refractivity contribution in [2.45, 2.75) is 50.5 Å². The zero-order valence-corrected chi connectivity index (χ0v) is 15.9. The fraction of sp³-hybridized carbons (Fsp3) is 0.545. The van der Waals surface area contributed by atoms with Gasteiger partial charge in [0.1, 0.15) is 5.54 Å². The molecular weight excluding hydrogens is 338 g/mol. The van der Waals surface area contributed by atoms with E-state index in [-0.39, 0.29) is 17.6 Å². The minimum Gasteiger partial charge on any atom is -0.377 e. The Bertz CT molecular complexity index is 702. The van der Waals surface area contributed by atoms with Gasteiger partial charge >= 0.3 is 0 Å². The van der Waals surface area contributed by atoms with Crippen LogP contribution >= 0.6 is 0 Å². The Morgan fingerprint density at radius 2 is 1.78 bits per heavy atom. The number of nitrogens with one attached hydrogen (secondary N) is 1. The number of likely N-dealkylation sites (tertiary alicyclic amines) is 1. The third kappa shape index (κ3) is 3.60. The van der Waals surface area contributed by atoms with E-state index in [1.54, 1.807) is 6.08 Å². The summed E-state index contributed by atoms with van der Waals surface area (Å²) in [5, 5.41) is 3.03. The molecule has 4 rings (SSSR count). The van der Waals surface area contributed by atoms with Crippen LogP contribution in [0.5, 0.6) is 0 Å². The molecule has 2 aliphatic heterocycles. The number of ketones is 1. The topological polar surface area (TPSA) is 52.7 Å². The van der Waals surface area contributed by atoms with E-state index in [4.69, 9.17) is 0 Å². The monoisotopic (exact) mass is 367 g/mol. The van der Waals surface area contributed by atoms with E-state index in [2.05, 4.69) is 27.2 Å². The van der Waals surface area contributed by atoms with Gasteiger partial charge in [0.25, 0.3) is 0 Å². The van der Waals surface area contributed by atoms with Gasteiger partial charge in [0, 0.05) is 30.9 Å². The quantitative estimate of drug-likeness (QED) is 0.831. The van der Waals surface area contributed by atoms with Crippen molar-refractivity contribution in [1.82, 2.24) is 10.2 Å². The highest BCUT2D eigenvalue weighted by Crippen LogP contribution is 2.36. The van der Waals surface area contributed by atoms with E-state index >= 15 is 0 Å². The van der Waals surface area contributed by atoms with Gasteiger partial charge in [-0.05, 0) is 43.9 Å². The summed E-state index contributed by atoms with van der Waals surface area (Å²) >= 11 is 0. The van der Waals surface area contributed by atoms with Crippen LogP contribution in [0, 0.1) is 5.92 Å². The molecule has 5 heteroatoms. The maximum Gasteiger partial charge on any atom is 0.247 e. The van der Waals surface area contributed by atoms with Crippen LogP contribution in [0.4, 0.5) is 5.69 Å². The zero-order valence-electron chi connectivity index (χ0n) is 15.9. The minimum atomic E-state index is -0.459. The first-order valence-electron chi connectivity index (χ1n) is 10.3. The fourth-order valence-corrected chi connectivity index (χ4v) is 4.78. The van der Waals surface area contributed by atoms with Crippen LogP contribution in [0.3, 0.4) is 0 Å². The normalized spacial score (nSPS) is 23.2. The van der Waals surface area contributed by atoms with Crippen LogP contribution in [0.2, 0.25) is 0 Å². The van der Waals surface area contributed by atoms with Crippen LogP contribution in [-0.4, -0.2) is 41.9 Å². The molecule has 0 aromatic heterocycles. The van der Waals surface area contributed by atoms with E-state index in [0.29, 0.717) is 6.67 Å². The summed E-state index contributed by atoms with van der Waals surface area (Å²) in [6.45, 7) is 2.16. The van der Waals surface area contributed by atoms with Crippen molar-refractivity contribution in [3.05, 3.63) is 42.6 Å². The Kier molecular flexibility index (Phi) is 5.19. The molecule has 0 unspecified atom stereocenters. The van der Waals surface area contributed by atoms with Crippen molar-refractivity contribution in [1.29, 1.82) is 0 Å². The first kappa shape index (κ1) is 18.1. The van der Waals surface area contributed by atoms with Crippen LogP contribution in [0.15, 0.2) is 42.6 Å². The van der Waals surface area contributed by atoms with Gasteiger partial charge in [-0.25, -0.2) is 0 Å². The van der Waals surface area contributed by atoms with Gasteiger partial charge in [0.05, 0.1) is 6.67 Å². The molecule has 0 atom stereocenters. The average molecular weight is 367 g/mol. The number of carbonyl (C=O) groups excluding carboxylic acids is 2. The highest BCUT2D eigenvalue weighted by molar-refractivity contribution is 5.93. The number of piperidine rings is 1. The summed E-state index contributed by atoms with van der Waals surface area (Å²) in [7, 11) is 0. The Morgan fingerprint density at radius 1 is 1.07 bits per heavy atom. The van der Waals surface area contributed by atoms with Crippen molar-refractivity contribution in [3.8, 4) is 0 Å². The maximum absolute atomic E-state index is 12.7. The molecule has 5 nitrogen and oxygen atoms in total. The molecule has 1 aliphatic carbocycles. The molecule has 1 spiro atoms. The number of hydrogen-bond donors (Lipinski definition) is 1. The second-order valence-corrected chi connectivity index (χ2v) is 8.05. The lowest BCUT2D eigenvalue weighted by Crippen LogP contribution is -2.55. The van der Waals surface area contributed by atoms with Crippen LogP contribution < -0.4 is 10.2 Å². The predicted octanol–water partition coefficient (Wildman–Crippen LogP) is 3.08. The standard InChI is InChI=1S/C22H29N3O2/c26-20(18-7-3-1-4-8-18)11-14-24-15-12-22(13-16-24)21(27)23-17-25(22)19-9-5-2-6-10-19/h2,5-6,9-11,14,18H,1,3-4,7-8,12-13,15-17H2,(H,23,27)/b14-11+. The number of carbonyl (C=O) groups is 2. The largest absolute Gasteiger partial charge is 0.377 e. The number of rotatable bonds is 4. The van der Waals surface area contributed by atoms with Gasteiger partial charge in [-0.15, -0.1) is 0 Å². The molecule has 2 saturated heterocycles. The highest BCUT2D eigenvalue weighted by atomic mass is 16.2. The van der Waals surface area contributed by atoms with E-state index in [1.807, 2.05) is 24.4 Å². The number of hydrogen-bond acceptors (Lipinski definition) is 4. The van der Waals surface area contributed by atoms with Crippen molar-refractivity contribution < 1.29 is 9.59 Å². The van der Waals surface area contributed by atoms with Crippen LogP contribution in [0.1, 0.15) is 44.9 Å². The number of nitrogens with zero attached hydrogens (tertiary/aromatic N) is 2. The molecular formula is C22H29N3O2. The molecule has 1 N–H and O–H groups in total. The number of allylic oxidation sites excluding steroid dienone is 1. The SMILES string of the molecule is O=C(/C=C/N1CCC2(CC1)C(=O)NCN2c1ccccc1)C1CCCCC1. The van der Waals surface area contributed by atoms with Gasteiger partial charge < -0.3 is 15.1 Å². The molecule has 0 bridgehead atoms. The number of amides is 1. The van der Waals surface area contributed by atoms with E-state index in [9.17, 15) is 9.59 Å². The molecule has 1 saturated carbocycles. The van der Waals surface area contributed by atoms with Gasteiger partial charge in [-0.2, -0.15) is 0 Å². The lowest BCUT2D eigenvalue weighted by atomic mass is 9.85. The van der Waals surface area contributed by atoms with Crippen molar-refractivity contribution in [3.63, 3.8) is 0 Å². The minimum absolute atomic E-state index is 0.133. The number of para-hydroxylation sites is 1. The Hall–Kier alpha value is -2.30. The first-order valence-corrected chi connectivity index (χ1v) is 10.3. The lowest BCUT2D eigenvalue weighted by Gasteiger charge is -2.43. The fourth-order valence-electron chi connectivity index (χ4n) is 4.78. The molecule has 1 aromatic rings. The number of benzene rings is 1. The van der Waals surface area contributed by atoms with Gasteiger partial charge in [-0.3, -0.25) is 9.59 Å². The second kappa shape index (κ2) is 7.75. The van der Waals surface area contributed by atoms with Gasteiger partial charge in [0.2, 0.25) is 5.91 Å². The summed E-state index contributed by atoms with van der Waals surface area (Å²) in [6.07, 6.45) is 11.0. The lowest BCUT2D eigenvalue weighted by molar-refractivity contribution is -0.125. The highest BCUT2D eigenvalue weighted by Gasteiger charge is 2.50. The van der Waals surface area contributed by atoms with E-state index < -0.39 is 5.54 Å². The molecule has 3 fully saturated rings. The summed E-state index contributed by atoms with van der Waals surface area (Å²) in [6, 6.07) is 10.2. The molecule has 2 heterocycles. The Labute approximate surface area is 161 Å². The third-order valence-electron chi connectivity index (χ3n) is 6.49. The van der Waals surface area contributed by atoms with Gasteiger partial charge in [-0.1, -0.05) is 37.5 Å². The van der Waals surface area contributed by atoms with E-state index in [1.165, 1.54) is 19.3 Å². The Balaban J connectivity index is 1.39. The number of anilines is 1. The first-order chi connectivity index (χ1) is 13.2. The van der Waals surface area contributed by atoms with Crippen LogP contribution in [0.25, 0.3) is 0 Å². The summed E-state index contributed by atoms with van der Waals surface area (Å²) in [5.74, 6) is 0.632. The van der Waals surface area contributed by atoms with Gasteiger partial charge in [0.15, 0.2) is 5.78 Å². The molecule has 3 aliphatic rings. The molecule has 1 amide bonds. The molecule has 27 heavy (non-hydrogen) atoms. The van der Waals surface area contributed by atoms with Crippen LogP contribution in [-0.2, 0) is 9.59 Å². The smallest absolute Gasteiger partial charge is 0.247 e. The molecule has 144 valence electrons. The molecule has 0 radical (unpaired) electrons. The van der Waals surface area contributed by atoms with Crippen molar-refractivity contribution >= 4 is 17.4 Å². The van der Waals surface area contributed by atoms with Crippen molar-refractivity contribution in [2.24, 2.45) is 5.92 Å². The van der Waals surface area contributed by atoms with E-state index in [0.717, 1.165) is 44.5 Å². The van der Waals surface area contributed by atoms with Crippen molar-refractivity contribution in [2.75, 3.05) is 24.7 Å². The summed E-state index contributed by atoms with van der Waals surface area (Å²) in [4.78, 5) is 29.5. The summed E-state index contributed by atoms with van der Waals surface area (Å²) in [5.41, 5.74) is 0.631. The second-order valence-electron chi connectivity index (χ2n) is 8.05. The predicted molar refractivity (Wildman–Crippen MR) is 106 cm³/mol. The Morgan fingerprint density at radius 3 is 2.48 bits per heavy atom. The molecule has 1 aromatic carbocycles. The maximum atomic E-state index is 12.7. The zero-order chi connectivity index (χ0) is 18.7.